The summed E-state index contributed by atoms with van der Waals surface area (Å²) in [4.78, 5) is 39.9. The van der Waals surface area contributed by atoms with Crippen LogP contribution < -0.4 is 25.0 Å². The van der Waals surface area contributed by atoms with Crippen molar-refractivity contribution in [3.63, 3.8) is 0 Å². The Morgan fingerprint density at radius 2 is 1.74 bits per heavy atom. The van der Waals surface area contributed by atoms with E-state index < -0.39 is 0 Å². The third-order valence-electron chi connectivity index (χ3n) is 5.48. The van der Waals surface area contributed by atoms with Crippen LogP contribution in [0.2, 0.25) is 0 Å². The maximum atomic E-state index is 12.5. The minimum Gasteiger partial charge on any atom is -0.494 e. The topological polar surface area (TPSA) is 97.0 Å². The predicted octanol–water partition coefficient (Wildman–Crippen LogP) is 3.83. The highest BCUT2D eigenvalue weighted by molar-refractivity contribution is 7.09. The second kappa shape index (κ2) is 11.5. The van der Waals surface area contributed by atoms with E-state index in [4.69, 9.17) is 9.47 Å². The van der Waals surface area contributed by atoms with Gasteiger partial charge >= 0.3 is 0 Å². The van der Waals surface area contributed by atoms with Gasteiger partial charge in [-0.05, 0) is 66.9 Å². The summed E-state index contributed by atoms with van der Waals surface area (Å²) in [5.41, 5.74) is 1.34. The molecule has 0 saturated carbocycles. The molecule has 1 aromatic heterocycles. The third-order valence-corrected chi connectivity index (χ3v) is 6.36. The predicted molar refractivity (Wildman–Crippen MR) is 135 cm³/mol. The molecule has 1 saturated heterocycles. The van der Waals surface area contributed by atoms with Crippen molar-refractivity contribution in [1.29, 1.82) is 0 Å². The molecule has 1 aliphatic rings. The van der Waals surface area contributed by atoms with Crippen molar-refractivity contribution >= 4 is 40.4 Å². The molecular weight excluding hydrogens is 466 g/mol. The maximum absolute atomic E-state index is 12.5. The zero-order valence-electron chi connectivity index (χ0n) is 19.4. The van der Waals surface area contributed by atoms with E-state index >= 15 is 0 Å². The Morgan fingerprint density at radius 3 is 2.43 bits per heavy atom. The number of carbonyl (C=O) groups excluding carboxylic acids is 3. The molecule has 2 aromatic carbocycles. The molecule has 2 heterocycles. The van der Waals surface area contributed by atoms with Crippen molar-refractivity contribution in [3.8, 4) is 11.5 Å². The van der Waals surface area contributed by atoms with Gasteiger partial charge in [-0.2, -0.15) is 0 Å². The number of amides is 3. The van der Waals surface area contributed by atoms with Gasteiger partial charge in [-0.1, -0.05) is 6.07 Å². The minimum absolute atomic E-state index is 0.0929. The number of benzene rings is 2. The highest BCUT2D eigenvalue weighted by Gasteiger charge is 2.35. The van der Waals surface area contributed by atoms with E-state index in [9.17, 15) is 14.4 Å². The first-order chi connectivity index (χ1) is 17.0. The molecule has 35 heavy (non-hydrogen) atoms. The monoisotopic (exact) mass is 493 g/mol. The first kappa shape index (κ1) is 24.3. The number of hydrogen-bond acceptors (Lipinski definition) is 6. The van der Waals surface area contributed by atoms with Crippen molar-refractivity contribution in [2.75, 3.05) is 30.0 Å². The lowest BCUT2D eigenvalue weighted by molar-refractivity contribution is -0.126. The lowest BCUT2D eigenvalue weighted by Crippen LogP contribution is -2.32. The fourth-order valence-electron chi connectivity index (χ4n) is 3.73. The van der Waals surface area contributed by atoms with Crippen LogP contribution in [0, 0.1) is 5.92 Å². The number of rotatable bonds is 10. The van der Waals surface area contributed by atoms with E-state index in [2.05, 4.69) is 10.6 Å². The number of nitrogens with one attached hydrogen (secondary N) is 2. The first-order valence-corrected chi connectivity index (χ1v) is 12.3. The van der Waals surface area contributed by atoms with E-state index in [0.717, 1.165) is 10.6 Å². The SMILES string of the molecule is CCOc1ccc(NC(=O)COc2ccc(N3C[C@@H](C(=O)NCc4cccs4)CC3=O)cc2)cc1. The van der Waals surface area contributed by atoms with Gasteiger partial charge in [-0.3, -0.25) is 14.4 Å². The molecule has 182 valence electrons. The number of ether oxygens (including phenoxy) is 2. The number of anilines is 2. The maximum Gasteiger partial charge on any atom is 0.262 e. The molecule has 0 aliphatic carbocycles. The van der Waals surface area contributed by atoms with Gasteiger partial charge in [0.2, 0.25) is 11.8 Å². The molecule has 1 atom stereocenters. The van der Waals surface area contributed by atoms with Crippen LogP contribution in [0.5, 0.6) is 11.5 Å². The summed E-state index contributed by atoms with van der Waals surface area (Å²) >= 11 is 1.58. The van der Waals surface area contributed by atoms with Gasteiger partial charge in [-0.25, -0.2) is 0 Å². The summed E-state index contributed by atoms with van der Waals surface area (Å²) in [7, 11) is 0. The molecule has 0 radical (unpaired) electrons. The van der Waals surface area contributed by atoms with Crippen molar-refractivity contribution in [2.45, 2.75) is 19.9 Å². The van der Waals surface area contributed by atoms with Crippen LogP contribution in [0.25, 0.3) is 0 Å². The Morgan fingerprint density at radius 1 is 1.03 bits per heavy atom. The lowest BCUT2D eigenvalue weighted by atomic mass is 10.1. The molecule has 8 nitrogen and oxygen atoms in total. The van der Waals surface area contributed by atoms with Crippen molar-refractivity contribution in [2.24, 2.45) is 5.92 Å². The van der Waals surface area contributed by atoms with Crippen LogP contribution in [0.15, 0.2) is 66.0 Å². The van der Waals surface area contributed by atoms with Crippen LogP contribution >= 0.6 is 11.3 Å². The van der Waals surface area contributed by atoms with Gasteiger partial charge in [0.05, 0.1) is 19.1 Å². The van der Waals surface area contributed by atoms with Gasteiger partial charge in [0.1, 0.15) is 11.5 Å². The van der Waals surface area contributed by atoms with Crippen molar-refractivity contribution in [3.05, 3.63) is 70.9 Å². The molecule has 3 amide bonds. The molecule has 0 spiro atoms. The molecule has 4 rings (SSSR count). The first-order valence-electron chi connectivity index (χ1n) is 11.4. The van der Waals surface area contributed by atoms with Crippen LogP contribution in [0.3, 0.4) is 0 Å². The standard InChI is InChI=1S/C26H27N3O5S/c1-2-33-21-9-5-19(6-10-21)28-24(30)17-34-22-11-7-20(8-12-22)29-16-18(14-25(29)31)26(32)27-15-23-4-3-13-35-23/h3-13,18H,2,14-17H2,1H3,(H,27,32)(H,28,30)/t18-/m0/s1. The van der Waals surface area contributed by atoms with Crippen LogP contribution in [0.4, 0.5) is 11.4 Å². The Kier molecular flexibility index (Phi) is 7.99. The van der Waals surface area contributed by atoms with Gasteiger partial charge in [-0.15, -0.1) is 11.3 Å². The Bertz CT molecular complexity index is 1150. The van der Waals surface area contributed by atoms with Gasteiger partial charge in [0.25, 0.3) is 5.91 Å². The molecule has 0 unspecified atom stereocenters. The largest absolute Gasteiger partial charge is 0.494 e. The van der Waals surface area contributed by atoms with E-state index in [0.29, 0.717) is 36.8 Å². The van der Waals surface area contributed by atoms with Gasteiger partial charge in [0, 0.05) is 29.2 Å². The molecule has 1 aliphatic heterocycles. The Hall–Kier alpha value is -3.85. The normalized spacial score (nSPS) is 15.1. The molecule has 1 fully saturated rings. The van der Waals surface area contributed by atoms with E-state index in [1.165, 1.54) is 0 Å². The van der Waals surface area contributed by atoms with Crippen molar-refractivity contribution in [1.82, 2.24) is 5.32 Å². The summed E-state index contributed by atoms with van der Waals surface area (Å²) in [6, 6.07) is 17.9. The molecule has 9 heteroatoms. The summed E-state index contributed by atoms with van der Waals surface area (Å²) < 4.78 is 11.0. The van der Waals surface area contributed by atoms with E-state index in [-0.39, 0.29) is 36.7 Å². The van der Waals surface area contributed by atoms with Crippen molar-refractivity contribution < 1.29 is 23.9 Å². The summed E-state index contributed by atoms with van der Waals surface area (Å²) in [6.45, 7) is 3.14. The quantitative estimate of drug-likeness (QED) is 0.447. The summed E-state index contributed by atoms with van der Waals surface area (Å²) in [5.74, 6) is 0.364. The fourth-order valence-corrected chi connectivity index (χ4v) is 4.38. The molecule has 3 aromatic rings. The zero-order chi connectivity index (χ0) is 24.6. The molecular formula is C26H27N3O5S. The van der Waals surface area contributed by atoms with Gasteiger partial charge < -0.3 is 25.0 Å². The highest BCUT2D eigenvalue weighted by atomic mass is 32.1. The second-order valence-corrected chi connectivity index (χ2v) is 9.02. The summed E-state index contributed by atoms with van der Waals surface area (Å²) in [6.07, 6.45) is 0.181. The lowest BCUT2D eigenvalue weighted by Gasteiger charge is -2.17. The van der Waals surface area contributed by atoms with E-state index in [1.54, 1.807) is 64.8 Å². The number of nitrogens with zero attached hydrogens (tertiary/aromatic N) is 1. The number of thiophene rings is 1. The number of hydrogen-bond donors (Lipinski definition) is 2. The van der Waals surface area contributed by atoms with Crippen LogP contribution in [0.1, 0.15) is 18.2 Å². The molecule has 2 N–H and O–H groups in total. The second-order valence-electron chi connectivity index (χ2n) is 7.99. The van der Waals surface area contributed by atoms with Crippen LogP contribution in [-0.2, 0) is 20.9 Å². The van der Waals surface area contributed by atoms with E-state index in [1.807, 2.05) is 24.4 Å². The fraction of sp³-hybridized carbons (Fsp3) is 0.269. The Balaban J connectivity index is 1.24. The van der Waals surface area contributed by atoms with Gasteiger partial charge in [0.15, 0.2) is 6.61 Å². The molecule has 0 bridgehead atoms. The Labute approximate surface area is 207 Å². The average Bonchev–Trinajstić information content (AvgIpc) is 3.53. The van der Waals surface area contributed by atoms with Crippen LogP contribution in [-0.4, -0.2) is 37.5 Å². The minimum atomic E-state index is -0.385. The highest BCUT2D eigenvalue weighted by Crippen LogP contribution is 2.27. The summed E-state index contributed by atoms with van der Waals surface area (Å²) in [5, 5.41) is 7.64. The zero-order valence-corrected chi connectivity index (χ0v) is 20.2. The smallest absolute Gasteiger partial charge is 0.262 e. The number of carbonyl (C=O) groups is 3. The third kappa shape index (κ3) is 6.60. The average molecular weight is 494 g/mol.